The van der Waals surface area contributed by atoms with Crippen LogP contribution in [0.2, 0.25) is 0 Å². The summed E-state index contributed by atoms with van der Waals surface area (Å²) >= 11 is 0. The monoisotopic (exact) mass is 327 g/mol. The van der Waals surface area contributed by atoms with Gasteiger partial charge in [-0.3, -0.25) is 9.40 Å². The van der Waals surface area contributed by atoms with Crippen molar-refractivity contribution in [2.24, 2.45) is 7.05 Å². The number of sulfonamides is 1. The molecule has 22 heavy (non-hydrogen) atoms. The smallest absolute Gasteiger partial charge is 0.335 e. The van der Waals surface area contributed by atoms with Crippen molar-refractivity contribution in [3.05, 3.63) is 40.8 Å². The van der Waals surface area contributed by atoms with Crippen LogP contribution in [0, 0.1) is 19.7 Å². The van der Waals surface area contributed by atoms with Crippen LogP contribution < -0.4 is 4.72 Å². The summed E-state index contributed by atoms with van der Waals surface area (Å²) in [7, 11) is -2.66. The fraction of sp³-hybridized carbons (Fsp3) is 0.231. The van der Waals surface area contributed by atoms with Crippen LogP contribution in [0.1, 0.15) is 21.6 Å². The van der Waals surface area contributed by atoms with Gasteiger partial charge in [-0.1, -0.05) is 0 Å². The molecule has 118 valence electrons. The molecule has 0 saturated heterocycles. The SMILES string of the molecule is Cc1cc(F)c(S(=O)(=O)Nc2cc(C)n(C)n2)cc1C(=O)O. The van der Waals surface area contributed by atoms with E-state index in [9.17, 15) is 17.6 Å². The van der Waals surface area contributed by atoms with E-state index in [1.165, 1.54) is 17.7 Å². The van der Waals surface area contributed by atoms with Crippen LogP contribution in [-0.4, -0.2) is 29.3 Å². The van der Waals surface area contributed by atoms with Crippen LogP contribution in [0.3, 0.4) is 0 Å². The largest absolute Gasteiger partial charge is 0.478 e. The van der Waals surface area contributed by atoms with E-state index in [2.05, 4.69) is 9.82 Å². The lowest BCUT2D eigenvalue weighted by Crippen LogP contribution is -2.16. The van der Waals surface area contributed by atoms with Crippen molar-refractivity contribution in [1.29, 1.82) is 0 Å². The maximum absolute atomic E-state index is 13.9. The van der Waals surface area contributed by atoms with Gasteiger partial charge in [-0.2, -0.15) is 5.10 Å². The molecular formula is C13H14FN3O4S. The Kier molecular flexibility index (Phi) is 3.92. The first-order valence-corrected chi connectivity index (χ1v) is 7.67. The van der Waals surface area contributed by atoms with Gasteiger partial charge in [0.25, 0.3) is 10.0 Å². The first-order chi connectivity index (χ1) is 10.1. The molecule has 0 spiro atoms. The standard InChI is InChI=1S/C13H14FN3O4S/c1-7-4-10(14)11(6-9(7)13(18)19)22(20,21)16-12-5-8(2)17(3)15-12/h4-6H,1-3H3,(H,15,16)(H,18,19). The number of carboxylic acid groups (broad SMARTS) is 1. The van der Waals surface area contributed by atoms with E-state index in [1.807, 2.05) is 0 Å². The fourth-order valence-electron chi connectivity index (χ4n) is 1.89. The number of aryl methyl sites for hydroxylation is 3. The number of nitrogens with zero attached hydrogens (tertiary/aromatic N) is 2. The van der Waals surface area contributed by atoms with Gasteiger partial charge in [0.15, 0.2) is 5.82 Å². The zero-order valence-corrected chi connectivity index (χ0v) is 12.9. The van der Waals surface area contributed by atoms with Crippen molar-refractivity contribution >= 4 is 21.8 Å². The van der Waals surface area contributed by atoms with Gasteiger partial charge in [-0.05, 0) is 31.5 Å². The zero-order valence-electron chi connectivity index (χ0n) is 12.1. The third-order valence-electron chi connectivity index (χ3n) is 3.15. The third-order valence-corrected chi connectivity index (χ3v) is 4.52. The number of rotatable bonds is 4. The molecule has 7 nitrogen and oxygen atoms in total. The Balaban J connectivity index is 2.49. The highest BCUT2D eigenvalue weighted by atomic mass is 32.2. The summed E-state index contributed by atoms with van der Waals surface area (Å²) in [6.45, 7) is 3.11. The lowest BCUT2D eigenvalue weighted by atomic mass is 10.1. The summed E-state index contributed by atoms with van der Waals surface area (Å²) in [5, 5.41) is 12.9. The Morgan fingerprint density at radius 1 is 1.32 bits per heavy atom. The molecule has 1 aromatic heterocycles. The highest BCUT2D eigenvalue weighted by molar-refractivity contribution is 7.92. The molecular weight excluding hydrogens is 313 g/mol. The van der Waals surface area contributed by atoms with Crippen molar-refractivity contribution in [2.75, 3.05) is 4.72 Å². The number of carboxylic acids is 1. The van der Waals surface area contributed by atoms with E-state index in [-0.39, 0.29) is 16.9 Å². The number of aromatic nitrogens is 2. The van der Waals surface area contributed by atoms with Gasteiger partial charge < -0.3 is 5.11 Å². The quantitative estimate of drug-likeness (QED) is 0.889. The number of anilines is 1. The first kappa shape index (κ1) is 16.0. The summed E-state index contributed by atoms with van der Waals surface area (Å²) in [6.07, 6.45) is 0. The Morgan fingerprint density at radius 2 is 1.95 bits per heavy atom. The third kappa shape index (κ3) is 2.93. The molecule has 0 amide bonds. The van der Waals surface area contributed by atoms with Crippen molar-refractivity contribution in [1.82, 2.24) is 9.78 Å². The van der Waals surface area contributed by atoms with Gasteiger partial charge in [-0.25, -0.2) is 17.6 Å². The van der Waals surface area contributed by atoms with Crippen LogP contribution >= 0.6 is 0 Å². The van der Waals surface area contributed by atoms with Crippen molar-refractivity contribution in [2.45, 2.75) is 18.7 Å². The second-order valence-electron chi connectivity index (χ2n) is 4.80. The minimum absolute atomic E-state index is 0.0249. The number of hydrogen-bond acceptors (Lipinski definition) is 4. The second kappa shape index (κ2) is 5.41. The van der Waals surface area contributed by atoms with Gasteiger partial charge in [0, 0.05) is 18.8 Å². The Bertz CT molecular complexity index is 839. The van der Waals surface area contributed by atoms with Gasteiger partial charge in [-0.15, -0.1) is 0 Å². The van der Waals surface area contributed by atoms with Crippen molar-refractivity contribution in [3.63, 3.8) is 0 Å². The zero-order chi connectivity index (χ0) is 16.7. The summed E-state index contributed by atoms with van der Waals surface area (Å²) in [4.78, 5) is 10.3. The molecule has 0 atom stereocenters. The summed E-state index contributed by atoms with van der Waals surface area (Å²) in [5.74, 6) is -2.33. The first-order valence-electron chi connectivity index (χ1n) is 6.18. The molecule has 0 aliphatic heterocycles. The van der Waals surface area contributed by atoms with Crippen LogP contribution in [0.15, 0.2) is 23.1 Å². The van der Waals surface area contributed by atoms with Crippen molar-refractivity contribution < 1.29 is 22.7 Å². The molecule has 0 bridgehead atoms. The van der Waals surface area contributed by atoms with E-state index >= 15 is 0 Å². The van der Waals surface area contributed by atoms with E-state index in [0.717, 1.165) is 12.1 Å². The van der Waals surface area contributed by atoms with Crippen LogP contribution in [-0.2, 0) is 17.1 Å². The maximum Gasteiger partial charge on any atom is 0.335 e. The molecule has 0 radical (unpaired) electrons. The predicted octanol–water partition coefficient (Wildman–Crippen LogP) is 1.68. The van der Waals surface area contributed by atoms with Crippen LogP contribution in [0.25, 0.3) is 0 Å². The molecule has 1 aromatic carbocycles. The minimum Gasteiger partial charge on any atom is -0.478 e. The molecule has 2 N–H and O–H groups in total. The second-order valence-corrected chi connectivity index (χ2v) is 6.45. The number of carbonyl (C=O) groups is 1. The molecule has 0 aliphatic rings. The lowest BCUT2D eigenvalue weighted by molar-refractivity contribution is 0.0695. The molecule has 0 aliphatic carbocycles. The van der Waals surface area contributed by atoms with Crippen LogP contribution in [0.5, 0.6) is 0 Å². The molecule has 1 heterocycles. The molecule has 2 aromatic rings. The highest BCUT2D eigenvalue weighted by Gasteiger charge is 2.23. The Labute approximate surface area is 126 Å². The average Bonchev–Trinajstić information content (AvgIpc) is 2.66. The molecule has 0 fully saturated rings. The molecule has 0 unspecified atom stereocenters. The van der Waals surface area contributed by atoms with Gasteiger partial charge in [0.2, 0.25) is 0 Å². The van der Waals surface area contributed by atoms with E-state index in [1.54, 1.807) is 14.0 Å². The normalized spacial score (nSPS) is 11.5. The number of halogens is 1. The topological polar surface area (TPSA) is 101 Å². The number of aromatic carboxylic acids is 1. The van der Waals surface area contributed by atoms with Crippen molar-refractivity contribution in [3.8, 4) is 0 Å². The number of nitrogens with one attached hydrogen (secondary N) is 1. The predicted molar refractivity (Wildman–Crippen MR) is 76.8 cm³/mol. The van der Waals surface area contributed by atoms with E-state index < -0.39 is 26.7 Å². The lowest BCUT2D eigenvalue weighted by Gasteiger charge is -2.09. The summed E-state index contributed by atoms with van der Waals surface area (Å²) < 4.78 is 42.0. The maximum atomic E-state index is 13.9. The number of benzene rings is 1. The summed E-state index contributed by atoms with van der Waals surface area (Å²) in [5.41, 5.74) is 0.560. The van der Waals surface area contributed by atoms with Gasteiger partial charge in [0.05, 0.1) is 5.56 Å². The Morgan fingerprint density at radius 3 is 2.45 bits per heavy atom. The molecule has 9 heteroatoms. The molecule has 0 saturated carbocycles. The number of hydrogen-bond donors (Lipinski definition) is 2. The minimum atomic E-state index is -4.28. The van der Waals surface area contributed by atoms with E-state index in [4.69, 9.17) is 5.11 Å². The fourth-order valence-corrected chi connectivity index (χ4v) is 2.97. The van der Waals surface area contributed by atoms with Crippen LogP contribution in [0.4, 0.5) is 10.2 Å². The Hall–Kier alpha value is -2.42. The average molecular weight is 327 g/mol. The molecule has 2 rings (SSSR count). The highest BCUT2D eigenvalue weighted by Crippen LogP contribution is 2.22. The van der Waals surface area contributed by atoms with E-state index in [0.29, 0.717) is 5.69 Å². The summed E-state index contributed by atoms with van der Waals surface area (Å²) in [6, 6.07) is 3.15. The van der Waals surface area contributed by atoms with Gasteiger partial charge >= 0.3 is 5.97 Å². The van der Waals surface area contributed by atoms with Gasteiger partial charge in [0.1, 0.15) is 10.7 Å².